The first-order chi connectivity index (χ1) is 15.5. The fourth-order valence-corrected chi connectivity index (χ4v) is 4.67. The number of nitrogens with one attached hydrogen (secondary N) is 1. The van der Waals surface area contributed by atoms with Crippen molar-refractivity contribution < 1.29 is 9.59 Å². The van der Waals surface area contributed by atoms with Crippen LogP contribution in [0.1, 0.15) is 61.4 Å². The maximum absolute atomic E-state index is 12.8. The fraction of sp³-hybridized carbons (Fsp3) is 0.542. The molecular weight excluding hydrogens is 404 g/mol. The highest BCUT2D eigenvalue weighted by molar-refractivity contribution is 5.84. The van der Waals surface area contributed by atoms with Crippen molar-refractivity contribution in [3.8, 4) is 0 Å². The summed E-state index contributed by atoms with van der Waals surface area (Å²) in [7, 11) is 0. The molecule has 1 fully saturated rings. The van der Waals surface area contributed by atoms with Crippen LogP contribution in [-0.2, 0) is 22.4 Å². The van der Waals surface area contributed by atoms with E-state index in [1.54, 1.807) is 0 Å². The van der Waals surface area contributed by atoms with Crippen LogP contribution < -0.4 is 10.2 Å². The molecule has 0 saturated carbocycles. The Morgan fingerprint density at radius 3 is 2.81 bits per heavy atom. The van der Waals surface area contributed by atoms with Crippen LogP contribution in [0.15, 0.2) is 24.4 Å². The molecule has 170 valence electrons. The number of carbonyl (C=O) groups excluding carboxylic acids is 2. The molecule has 0 aliphatic carbocycles. The lowest BCUT2D eigenvalue weighted by Gasteiger charge is -2.36. The number of likely N-dealkylation sites (tertiary alicyclic amines) is 1. The van der Waals surface area contributed by atoms with E-state index >= 15 is 0 Å². The molecule has 1 saturated heterocycles. The second-order valence-corrected chi connectivity index (χ2v) is 8.64. The Labute approximate surface area is 189 Å². The van der Waals surface area contributed by atoms with E-state index in [2.05, 4.69) is 28.2 Å². The highest BCUT2D eigenvalue weighted by Crippen LogP contribution is 2.33. The molecule has 32 heavy (non-hydrogen) atoms. The third kappa shape index (κ3) is 5.06. The van der Waals surface area contributed by atoms with E-state index in [0.717, 1.165) is 74.6 Å². The van der Waals surface area contributed by atoms with Crippen molar-refractivity contribution in [3.05, 3.63) is 47.2 Å². The van der Waals surface area contributed by atoms with Crippen molar-refractivity contribution in [3.63, 3.8) is 0 Å². The molecule has 1 atom stereocenters. The molecule has 1 N–H and O–H groups in total. The predicted molar refractivity (Wildman–Crippen MR) is 122 cm³/mol. The Morgan fingerprint density at radius 2 is 2.03 bits per heavy atom. The molecule has 2 aromatic heterocycles. The molecule has 8 nitrogen and oxygen atoms in total. The van der Waals surface area contributed by atoms with E-state index in [4.69, 9.17) is 9.97 Å². The summed E-state index contributed by atoms with van der Waals surface area (Å²) in [5.41, 5.74) is 3.30. The van der Waals surface area contributed by atoms with Gasteiger partial charge in [0.15, 0.2) is 5.82 Å². The summed E-state index contributed by atoms with van der Waals surface area (Å²) in [5, 5.41) is 2.63. The van der Waals surface area contributed by atoms with Crippen LogP contribution in [0.25, 0.3) is 0 Å². The summed E-state index contributed by atoms with van der Waals surface area (Å²) in [6.45, 7) is 5.99. The first-order valence-electron chi connectivity index (χ1n) is 11.6. The van der Waals surface area contributed by atoms with E-state index in [1.165, 1.54) is 12.5 Å². The number of aryl methyl sites for hydroxylation is 1. The highest BCUT2D eigenvalue weighted by atomic mass is 16.2. The van der Waals surface area contributed by atoms with Gasteiger partial charge in [-0.2, -0.15) is 0 Å². The number of anilines is 1. The van der Waals surface area contributed by atoms with Crippen molar-refractivity contribution in [1.29, 1.82) is 0 Å². The summed E-state index contributed by atoms with van der Waals surface area (Å²) in [6, 6.07) is 5.87. The van der Waals surface area contributed by atoms with Gasteiger partial charge in [0, 0.05) is 56.1 Å². The van der Waals surface area contributed by atoms with Crippen molar-refractivity contribution in [2.24, 2.45) is 0 Å². The Morgan fingerprint density at radius 1 is 1.16 bits per heavy atom. The number of aromatic nitrogens is 3. The van der Waals surface area contributed by atoms with E-state index in [0.29, 0.717) is 6.54 Å². The summed E-state index contributed by atoms with van der Waals surface area (Å²) in [5.74, 6) is 1.46. The number of piperidine rings is 1. The zero-order valence-electron chi connectivity index (χ0n) is 19.0. The second kappa shape index (κ2) is 10.1. The van der Waals surface area contributed by atoms with Crippen molar-refractivity contribution in [2.75, 3.05) is 31.1 Å². The molecule has 0 radical (unpaired) electrons. The van der Waals surface area contributed by atoms with Gasteiger partial charge in [-0.15, -0.1) is 0 Å². The summed E-state index contributed by atoms with van der Waals surface area (Å²) < 4.78 is 0. The Hall–Kier alpha value is -3.03. The smallest absolute Gasteiger partial charge is 0.242 e. The lowest BCUT2D eigenvalue weighted by Crippen LogP contribution is -2.44. The normalized spacial score (nSPS) is 18.2. The summed E-state index contributed by atoms with van der Waals surface area (Å²) >= 11 is 0. The Kier molecular flexibility index (Phi) is 6.97. The van der Waals surface area contributed by atoms with Gasteiger partial charge in [-0.1, -0.05) is 6.07 Å². The van der Waals surface area contributed by atoms with Gasteiger partial charge in [0.1, 0.15) is 5.82 Å². The van der Waals surface area contributed by atoms with E-state index in [1.807, 2.05) is 23.2 Å². The monoisotopic (exact) mass is 436 g/mol. The Bertz CT molecular complexity index is 964. The average Bonchev–Trinajstić information content (AvgIpc) is 2.82. The molecule has 0 bridgehead atoms. The average molecular weight is 437 g/mol. The minimum Gasteiger partial charge on any atom is -0.356 e. The number of fused-ring (bicyclic) bond motifs is 1. The predicted octanol–water partition coefficient (Wildman–Crippen LogP) is 2.37. The molecule has 4 rings (SSSR count). The third-order valence-electron chi connectivity index (χ3n) is 6.34. The van der Waals surface area contributed by atoms with Crippen LogP contribution in [0.2, 0.25) is 0 Å². The van der Waals surface area contributed by atoms with Gasteiger partial charge in [0.2, 0.25) is 11.8 Å². The quantitative estimate of drug-likeness (QED) is 0.748. The van der Waals surface area contributed by atoms with Gasteiger partial charge in [0.05, 0.1) is 12.6 Å². The van der Waals surface area contributed by atoms with Crippen LogP contribution >= 0.6 is 0 Å². The lowest BCUT2D eigenvalue weighted by atomic mass is 9.99. The largest absolute Gasteiger partial charge is 0.356 e. The third-order valence-corrected chi connectivity index (χ3v) is 6.34. The molecule has 4 heterocycles. The minimum atomic E-state index is -0.198. The maximum atomic E-state index is 12.8. The maximum Gasteiger partial charge on any atom is 0.242 e. The zero-order valence-corrected chi connectivity index (χ0v) is 19.0. The van der Waals surface area contributed by atoms with Gasteiger partial charge in [-0.05, 0) is 51.2 Å². The zero-order chi connectivity index (χ0) is 22.5. The topological polar surface area (TPSA) is 91.3 Å². The van der Waals surface area contributed by atoms with Crippen LogP contribution in [0, 0.1) is 6.92 Å². The van der Waals surface area contributed by atoms with E-state index in [9.17, 15) is 9.59 Å². The van der Waals surface area contributed by atoms with Crippen LogP contribution in [0.4, 0.5) is 5.82 Å². The van der Waals surface area contributed by atoms with Gasteiger partial charge in [-0.25, -0.2) is 9.97 Å². The number of rotatable bonds is 6. The van der Waals surface area contributed by atoms with E-state index in [-0.39, 0.29) is 24.4 Å². The molecule has 2 aliphatic heterocycles. The number of amides is 2. The van der Waals surface area contributed by atoms with Crippen LogP contribution in [0.3, 0.4) is 0 Å². The number of pyridine rings is 1. The molecule has 0 unspecified atom stereocenters. The van der Waals surface area contributed by atoms with Gasteiger partial charge < -0.3 is 15.1 Å². The summed E-state index contributed by atoms with van der Waals surface area (Å²) in [4.78, 5) is 42.6. The first-order valence-corrected chi connectivity index (χ1v) is 11.6. The molecule has 2 amide bonds. The SMILES string of the molecule is CC(=O)NCC(=O)N1CCCC[C@H]1c1nc(C)c2c(n1)N(CCc1ccccn1)CCC2. The van der Waals surface area contributed by atoms with Crippen molar-refractivity contribution >= 4 is 17.6 Å². The van der Waals surface area contributed by atoms with Crippen LogP contribution in [-0.4, -0.2) is 57.8 Å². The van der Waals surface area contributed by atoms with E-state index < -0.39 is 0 Å². The van der Waals surface area contributed by atoms with Crippen molar-refractivity contribution in [1.82, 2.24) is 25.2 Å². The number of carbonyl (C=O) groups is 2. The minimum absolute atomic E-state index is 0.0198. The number of hydrogen-bond donors (Lipinski definition) is 1. The molecule has 0 spiro atoms. The van der Waals surface area contributed by atoms with Crippen molar-refractivity contribution in [2.45, 2.75) is 58.4 Å². The van der Waals surface area contributed by atoms with Crippen LogP contribution in [0.5, 0.6) is 0 Å². The van der Waals surface area contributed by atoms with Gasteiger partial charge in [-0.3, -0.25) is 14.6 Å². The number of nitrogens with zero attached hydrogens (tertiary/aromatic N) is 5. The van der Waals surface area contributed by atoms with Gasteiger partial charge >= 0.3 is 0 Å². The Balaban J connectivity index is 1.57. The number of hydrogen-bond acceptors (Lipinski definition) is 6. The van der Waals surface area contributed by atoms with Gasteiger partial charge in [0.25, 0.3) is 0 Å². The molecule has 8 heteroatoms. The molecule has 2 aliphatic rings. The lowest BCUT2D eigenvalue weighted by molar-refractivity contribution is -0.136. The molecule has 0 aromatic carbocycles. The second-order valence-electron chi connectivity index (χ2n) is 8.64. The highest BCUT2D eigenvalue weighted by Gasteiger charge is 2.32. The fourth-order valence-electron chi connectivity index (χ4n) is 4.67. The molecular formula is C24H32N6O2. The summed E-state index contributed by atoms with van der Waals surface area (Å²) in [6.07, 6.45) is 7.61. The molecule has 2 aromatic rings. The first kappa shape index (κ1) is 22.2. The standard InChI is InChI=1S/C24H32N6O2/c1-17-20-9-7-13-29(15-11-19-8-3-5-12-25-19)24(20)28-23(27-17)21-10-4-6-14-30(21)22(32)16-26-18(2)31/h3,5,8,12,21H,4,6-7,9-11,13-16H2,1-2H3,(H,26,31)/t21-/m0/s1.